The topological polar surface area (TPSA) is 125 Å². The van der Waals surface area contributed by atoms with Crippen molar-refractivity contribution in [3.63, 3.8) is 0 Å². The van der Waals surface area contributed by atoms with E-state index in [-0.39, 0.29) is 17.3 Å². The Balaban J connectivity index is 1.73. The molecule has 0 radical (unpaired) electrons. The number of para-hydroxylation sites is 1. The van der Waals surface area contributed by atoms with E-state index in [1.54, 1.807) is 18.2 Å². The van der Waals surface area contributed by atoms with E-state index in [9.17, 15) is 20.2 Å². The molecule has 11 heteroatoms. The molecule has 0 unspecified atom stereocenters. The lowest BCUT2D eigenvalue weighted by atomic mass is 10.2. The van der Waals surface area contributed by atoms with Gasteiger partial charge >= 0.3 is 5.88 Å². The Bertz CT molecular complexity index is 907. The zero-order chi connectivity index (χ0) is 17.1. The zero-order valence-corrected chi connectivity index (χ0v) is 13.5. The highest BCUT2D eigenvalue weighted by Crippen LogP contribution is 2.34. The molecule has 0 spiro atoms. The van der Waals surface area contributed by atoms with Gasteiger partial charge < -0.3 is 4.42 Å². The van der Waals surface area contributed by atoms with Crippen LogP contribution in [0.25, 0.3) is 10.8 Å². The average Bonchev–Trinajstić information content (AvgIpc) is 3.22. The summed E-state index contributed by atoms with van der Waals surface area (Å²) in [6.07, 6.45) is 0. The second-order valence-corrected chi connectivity index (χ2v) is 6.64. The molecule has 0 N–H and O–H groups in total. The Hall–Kier alpha value is -2.79. The molecule has 0 aliphatic heterocycles. The fourth-order valence-corrected chi connectivity index (χ4v) is 3.67. The van der Waals surface area contributed by atoms with Gasteiger partial charge in [-0.15, -0.1) is 10.2 Å². The highest BCUT2D eigenvalue weighted by atomic mass is 32.2. The van der Waals surface area contributed by atoms with Crippen LogP contribution in [-0.2, 0) is 5.75 Å². The third kappa shape index (κ3) is 3.41. The van der Waals surface area contributed by atoms with Crippen LogP contribution < -0.4 is 0 Å². The summed E-state index contributed by atoms with van der Waals surface area (Å²) in [5.74, 6) is 0.260. The van der Waals surface area contributed by atoms with Crippen molar-refractivity contribution in [1.82, 2.24) is 10.2 Å². The van der Waals surface area contributed by atoms with Crippen molar-refractivity contribution < 1.29 is 14.3 Å². The molecular formula is C13H8N4O5S2. The molecule has 0 atom stereocenters. The molecule has 0 aliphatic rings. The molecule has 3 rings (SSSR count). The summed E-state index contributed by atoms with van der Waals surface area (Å²) in [5.41, 5.74) is 0.634. The summed E-state index contributed by atoms with van der Waals surface area (Å²) >= 11 is 2.50. The van der Waals surface area contributed by atoms with Gasteiger partial charge in [0.25, 0.3) is 5.69 Å². The molecule has 0 saturated heterocycles. The SMILES string of the molecule is O=[N+]([O-])c1ccc(-c2nnc(SCc3ccccc3[N+](=O)[O-])s2)o1. The van der Waals surface area contributed by atoms with Gasteiger partial charge in [0, 0.05) is 17.4 Å². The number of hydrogen-bond acceptors (Lipinski definition) is 9. The van der Waals surface area contributed by atoms with E-state index >= 15 is 0 Å². The number of aromatic nitrogens is 2. The van der Waals surface area contributed by atoms with Gasteiger partial charge in [0.2, 0.25) is 0 Å². The maximum atomic E-state index is 11.0. The lowest BCUT2D eigenvalue weighted by molar-refractivity contribution is -0.401. The van der Waals surface area contributed by atoms with Crippen LogP contribution in [0.3, 0.4) is 0 Å². The smallest absolute Gasteiger partial charge is 0.398 e. The number of nitrogens with zero attached hydrogens (tertiary/aromatic N) is 4. The van der Waals surface area contributed by atoms with Crippen molar-refractivity contribution in [2.45, 2.75) is 10.1 Å². The summed E-state index contributed by atoms with van der Waals surface area (Å²) in [6, 6.07) is 9.17. The van der Waals surface area contributed by atoms with Crippen LogP contribution in [0.15, 0.2) is 45.2 Å². The normalized spacial score (nSPS) is 10.7. The number of benzene rings is 1. The number of nitro groups is 2. The van der Waals surface area contributed by atoms with Crippen molar-refractivity contribution in [1.29, 1.82) is 0 Å². The van der Waals surface area contributed by atoms with Gasteiger partial charge in [0.05, 0.1) is 11.0 Å². The lowest BCUT2D eigenvalue weighted by Gasteiger charge is -2.00. The highest BCUT2D eigenvalue weighted by molar-refractivity contribution is 8.00. The molecule has 2 heterocycles. The Morgan fingerprint density at radius 3 is 2.58 bits per heavy atom. The van der Waals surface area contributed by atoms with Gasteiger partial charge in [-0.2, -0.15) is 0 Å². The van der Waals surface area contributed by atoms with E-state index in [4.69, 9.17) is 4.42 Å². The molecule has 3 aromatic rings. The molecule has 9 nitrogen and oxygen atoms in total. The molecule has 0 fully saturated rings. The predicted octanol–water partition coefficient (Wildman–Crippen LogP) is 3.91. The van der Waals surface area contributed by atoms with Crippen molar-refractivity contribution >= 4 is 34.7 Å². The van der Waals surface area contributed by atoms with Gasteiger partial charge in [0.15, 0.2) is 15.1 Å². The third-order valence-corrected chi connectivity index (χ3v) is 5.05. The second kappa shape index (κ2) is 6.76. The fourth-order valence-electron chi connectivity index (χ4n) is 1.86. The van der Waals surface area contributed by atoms with Gasteiger partial charge in [-0.3, -0.25) is 20.2 Å². The quantitative estimate of drug-likeness (QED) is 0.366. The summed E-state index contributed by atoms with van der Waals surface area (Å²) in [6.45, 7) is 0. The van der Waals surface area contributed by atoms with E-state index in [2.05, 4.69) is 10.2 Å². The highest BCUT2D eigenvalue weighted by Gasteiger charge is 2.18. The molecule has 0 saturated carbocycles. The van der Waals surface area contributed by atoms with Crippen LogP contribution in [-0.4, -0.2) is 20.0 Å². The Morgan fingerprint density at radius 1 is 1.08 bits per heavy atom. The first-order valence-electron chi connectivity index (χ1n) is 6.48. The third-order valence-electron chi connectivity index (χ3n) is 2.93. The van der Waals surface area contributed by atoms with Crippen LogP contribution in [0, 0.1) is 20.2 Å². The predicted molar refractivity (Wildman–Crippen MR) is 86.9 cm³/mol. The van der Waals surface area contributed by atoms with Crippen LogP contribution in [0.5, 0.6) is 0 Å². The van der Waals surface area contributed by atoms with Gasteiger partial charge in [-0.25, -0.2) is 0 Å². The number of hydrogen-bond donors (Lipinski definition) is 0. The van der Waals surface area contributed by atoms with Crippen LogP contribution in [0.4, 0.5) is 11.6 Å². The van der Waals surface area contributed by atoms with E-state index in [1.807, 2.05) is 0 Å². The first-order chi connectivity index (χ1) is 11.5. The number of thioether (sulfide) groups is 1. The first kappa shape index (κ1) is 16.1. The van der Waals surface area contributed by atoms with Crippen molar-refractivity contribution in [3.8, 4) is 10.8 Å². The zero-order valence-electron chi connectivity index (χ0n) is 11.8. The lowest BCUT2D eigenvalue weighted by Crippen LogP contribution is -1.93. The summed E-state index contributed by atoms with van der Waals surface area (Å²) < 4.78 is 5.65. The molecular weight excluding hydrogens is 356 g/mol. The number of furan rings is 1. The molecule has 0 bridgehead atoms. The van der Waals surface area contributed by atoms with Gasteiger partial charge in [-0.1, -0.05) is 41.3 Å². The maximum Gasteiger partial charge on any atom is 0.433 e. The standard InChI is InChI=1S/C13H8N4O5S2/c18-16(19)9-4-2-1-3-8(9)7-23-13-15-14-12(24-13)10-5-6-11(22-10)17(20)21/h1-6H,7H2. The molecule has 0 aliphatic carbocycles. The fraction of sp³-hybridized carbons (Fsp3) is 0.0769. The van der Waals surface area contributed by atoms with Crippen LogP contribution in [0.1, 0.15) is 5.56 Å². The van der Waals surface area contributed by atoms with Crippen molar-refractivity contribution in [3.05, 3.63) is 62.2 Å². The Kier molecular flexibility index (Phi) is 4.53. The first-order valence-corrected chi connectivity index (χ1v) is 8.28. The van der Waals surface area contributed by atoms with E-state index in [0.717, 1.165) is 0 Å². The molecule has 1 aromatic carbocycles. The minimum atomic E-state index is -0.630. The van der Waals surface area contributed by atoms with Crippen LogP contribution in [0.2, 0.25) is 0 Å². The van der Waals surface area contributed by atoms with E-state index < -0.39 is 9.85 Å². The largest absolute Gasteiger partial charge is 0.433 e. The monoisotopic (exact) mass is 364 g/mol. The molecule has 24 heavy (non-hydrogen) atoms. The maximum absolute atomic E-state index is 11.0. The summed E-state index contributed by atoms with van der Waals surface area (Å²) in [4.78, 5) is 20.5. The van der Waals surface area contributed by atoms with Crippen molar-refractivity contribution in [2.24, 2.45) is 0 Å². The summed E-state index contributed by atoms with van der Waals surface area (Å²) in [5, 5.41) is 29.9. The number of rotatable bonds is 6. The molecule has 122 valence electrons. The average molecular weight is 364 g/mol. The molecule has 2 aromatic heterocycles. The van der Waals surface area contributed by atoms with E-state index in [1.165, 1.54) is 41.3 Å². The van der Waals surface area contributed by atoms with Gasteiger partial charge in [0.1, 0.15) is 4.92 Å². The minimum Gasteiger partial charge on any atom is -0.398 e. The van der Waals surface area contributed by atoms with Crippen LogP contribution >= 0.6 is 23.1 Å². The minimum absolute atomic E-state index is 0.0522. The van der Waals surface area contributed by atoms with Gasteiger partial charge in [-0.05, 0) is 6.07 Å². The Labute approximate surface area is 142 Å². The second-order valence-electron chi connectivity index (χ2n) is 4.44. The Morgan fingerprint density at radius 2 is 1.88 bits per heavy atom. The molecule has 0 amide bonds. The number of nitro benzene ring substituents is 1. The van der Waals surface area contributed by atoms with E-state index in [0.29, 0.717) is 20.7 Å². The van der Waals surface area contributed by atoms with Crippen molar-refractivity contribution in [2.75, 3.05) is 0 Å². The summed E-state index contributed by atoms with van der Waals surface area (Å²) in [7, 11) is 0.